The van der Waals surface area contributed by atoms with Crippen LogP contribution in [0.3, 0.4) is 0 Å². The van der Waals surface area contributed by atoms with Crippen LogP contribution in [0.15, 0.2) is 16.9 Å². The summed E-state index contributed by atoms with van der Waals surface area (Å²) in [5.74, 6) is -0.506. The Morgan fingerprint density at radius 3 is 1.55 bits per heavy atom. The first-order chi connectivity index (χ1) is 9.31. The second-order valence-electron chi connectivity index (χ2n) is 4.65. The summed E-state index contributed by atoms with van der Waals surface area (Å²) in [5.41, 5.74) is 2.10. The van der Waals surface area contributed by atoms with Crippen LogP contribution in [-0.4, -0.2) is 20.9 Å². The summed E-state index contributed by atoms with van der Waals surface area (Å²) in [7, 11) is 3.31. The standard InChI is InChI=1S/C13H16N4O3/c1-7(18)14-9-5-11-12(6-10(9)15-8(2)19)17(4)13(20)16(11)3/h5-6H,1-4H3,(H,14,18)(H,15,19). The van der Waals surface area contributed by atoms with Gasteiger partial charge < -0.3 is 10.6 Å². The number of anilines is 2. The summed E-state index contributed by atoms with van der Waals surface area (Å²) in [4.78, 5) is 34.4. The number of aryl methyl sites for hydroxylation is 2. The summed E-state index contributed by atoms with van der Waals surface area (Å²) in [6.07, 6.45) is 0. The van der Waals surface area contributed by atoms with Crippen molar-refractivity contribution in [1.82, 2.24) is 9.13 Å². The van der Waals surface area contributed by atoms with Gasteiger partial charge in [-0.1, -0.05) is 0 Å². The van der Waals surface area contributed by atoms with Crippen molar-refractivity contribution < 1.29 is 9.59 Å². The smallest absolute Gasteiger partial charge is 0.324 e. The zero-order valence-corrected chi connectivity index (χ0v) is 11.8. The molecule has 2 amide bonds. The van der Waals surface area contributed by atoms with Crippen molar-refractivity contribution in [1.29, 1.82) is 0 Å². The van der Waals surface area contributed by atoms with Gasteiger partial charge in [-0.2, -0.15) is 0 Å². The van der Waals surface area contributed by atoms with Crippen LogP contribution < -0.4 is 16.3 Å². The number of hydrogen-bond donors (Lipinski definition) is 2. The van der Waals surface area contributed by atoms with Gasteiger partial charge in [-0.15, -0.1) is 0 Å². The van der Waals surface area contributed by atoms with Crippen LogP contribution in [0.5, 0.6) is 0 Å². The number of fused-ring (bicyclic) bond motifs is 1. The first-order valence-electron chi connectivity index (χ1n) is 6.06. The highest BCUT2D eigenvalue weighted by molar-refractivity contribution is 6.02. The second-order valence-corrected chi connectivity index (χ2v) is 4.65. The van der Waals surface area contributed by atoms with Crippen molar-refractivity contribution in [2.75, 3.05) is 10.6 Å². The van der Waals surface area contributed by atoms with Gasteiger partial charge in [0, 0.05) is 27.9 Å². The highest BCUT2D eigenvalue weighted by Crippen LogP contribution is 2.27. The number of carbonyl (C=O) groups is 2. The van der Waals surface area contributed by atoms with E-state index in [1.54, 1.807) is 26.2 Å². The fraction of sp³-hybridized carbons (Fsp3) is 0.308. The van der Waals surface area contributed by atoms with E-state index in [9.17, 15) is 14.4 Å². The average Bonchev–Trinajstić information content (AvgIpc) is 2.54. The number of benzene rings is 1. The lowest BCUT2D eigenvalue weighted by molar-refractivity contribution is -0.115. The van der Waals surface area contributed by atoms with Gasteiger partial charge in [0.1, 0.15) is 0 Å². The molecule has 0 saturated carbocycles. The topological polar surface area (TPSA) is 85.1 Å². The summed E-state index contributed by atoms with van der Waals surface area (Å²) in [6.45, 7) is 2.76. The first kappa shape index (κ1) is 13.9. The molecule has 7 nitrogen and oxygen atoms in total. The lowest BCUT2D eigenvalue weighted by Crippen LogP contribution is -2.19. The fourth-order valence-corrected chi connectivity index (χ4v) is 2.13. The van der Waals surface area contributed by atoms with E-state index in [0.717, 1.165) is 0 Å². The Balaban J connectivity index is 2.74. The highest BCUT2D eigenvalue weighted by atomic mass is 16.2. The molecule has 0 fully saturated rings. The SMILES string of the molecule is CC(=O)Nc1cc2c(cc1NC(C)=O)n(C)c(=O)n2C. The van der Waals surface area contributed by atoms with Crippen LogP contribution in [0, 0.1) is 0 Å². The third kappa shape index (κ3) is 2.29. The van der Waals surface area contributed by atoms with Crippen molar-refractivity contribution in [2.45, 2.75) is 13.8 Å². The Kier molecular flexibility index (Phi) is 3.35. The van der Waals surface area contributed by atoms with E-state index in [1.165, 1.54) is 23.0 Å². The largest absolute Gasteiger partial charge is 0.328 e. The number of nitrogens with zero attached hydrogens (tertiary/aromatic N) is 2. The highest BCUT2D eigenvalue weighted by Gasteiger charge is 2.13. The van der Waals surface area contributed by atoms with E-state index in [2.05, 4.69) is 10.6 Å². The molecule has 0 saturated heterocycles. The molecule has 0 spiro atoms. The molecule has 7 heteroatoms. The van der Waals surface area contributed by atoms with E-state index in [4.69, 9.17) is 0 Å². The van der Waals surface area contributed by atoms with Crippen LogP contribution in [-0.2, 0) is 23.7 Å². The molecule has 0 bridgehead atoms. The number of carbonyl (C=O) groups excluding carboxylic acids is 2. The monoisotopic (exact) mass is 276 g/mol. The van der Waals surface area contributed by atoms with Gasteiger partial charge in [-0.05, 0) is 12.1 Å². The average molecular weight is 276 g/mol. The molecule has 1 aromatic carbocycles. The number of amides is 2. The predicted molar refractivity (Wildman–Crippen MR) is 76.8 cm³/mol. The zero-order chi connectivity index (χ0) is 15.0. The minimum Gasteiger partial charge on any atom is -0.324 e. The molecule has 0 radical (unpaired) electrons. The van der Waals surface area contributed by atoms with Gasteiger partial charge >= 0.3 is 5.69 Å². The second kappa shape index (κ2) is 4.84. The Morgan fingerprint density at radius 2 is 1.25 bits per heavy atom. The maximum atomic E-state index is 11.9. The van der Waals surface area contributed by atoms with Crippen molar-refractivity contribution in [3.8, 4) is 0 Å². The molecule has 20 heavy (non-hydrogen) atoms. The van der Waals surface area contributed by atoms with Gasteiger partial charge in [-0.25, -0.2) is 4.79 Å². The van der Waals surface area contributed by atoms with E-state index < -0.39 is 0 Å². The van der Waals surface area contributed by atoms with Gasteiger partial charge in [0.25, 0.3) is 0 Å². The van der Waals surface area contributed by atoms with Crippen LogP contribution in [0.25, 0.3) is 11.0 Å². The number of nitrogens with one attached hydrogen (secondary N) is 2. The molecule has 0 aliphatic carbocycles. The molecule has 0 aliphatic rings. The van der Waals surface area contributed by atoms with E-state index in [1.807, 2.05) is 0 Å². The molecule has 0 unspecified atom stereocenters. The van der Waals surface area contributed by atoms with Crippen molar-refractivity contribution in [2.24, 2.45) is 14.1 Å². The normalized spacial score (nSPS) is 10.6. The van der Waals surface area contributed by atoms with Gasteiger partial charge in [0.15, 0.2) is 0 Å². The molecule has 1 heterocycles. The summed E-state index contributed by atoms with van der Waals surface area (Å²) in [5, 5.41) is 5.30. The molecule has 106 valence electrons. The maximum absolute atomic E-state index is 11.9. The van der Waals surface area contributed by atoms with Crippen molar-refractivity contribution >= 4 is 34.2 Å². The third-order valence-electron chi connectivity index (χ3n) is 3.03. The molecule has 1 aromatic heterocycles. The van der Waals surface area contributed by atoms with Gasteiger partial charge in [-0.3, -0.25) is 18.7 Å². The van der Waals surface area contributed by atoms with Crippen LogP contribution in [0.1, 0.15) is 13.8 Å². The lowest BCUT2D eigenvalue weighted by Gasteiger charge is -2.11. The van der Waals surface area contributed by atoms with Crippen molar-refractivity contribution in [3.05, 3.63) is 22.6 Å². The van der Waals surface area contributed by atoms with Gasteiger partial charge in [0.2, 0.25) is 11.8 Å². The predicted octanol–water partition coefficient (Wildman–Crippen LogP) is 0.794. The summed E-state index contributed by atoms with van der Waals surface area (Å²) >= 11 is 0. The van der Waals surface area contributed by atoms with Crippen molar-refractivity contribution in [3.63, 3.8) is 0 Å². The number of aromatic nitrogens is 2. The minimum atomic E-state index is -0.253. The Bertz CT molecular complexity index is 708. The quantitative estimate of drug-likeness (QED) is 0.850. The van der Waals surface area contributed by atoms with Gasteiger partial charge in [0.05, 0.1) is 22.4 Å². The lowest BCUT2D eigenvalue weighted by atomic mass is 10.2. The number of rotatable bonds is 2. The molecule has 2 N–H and O–H groups in total. The van der Waals surface area contributed by atoms with Crippen LogP contribution >= 0.6 is 0 Å². The number of imidazole rings is 1. The van der Waals surface area contributed by atoms with Crippen LogP contribution in [0.2, 0.25) is 0 Å². The number of hydrogen-bond acceptors (Lipinski definition) is 3. The molecule has 2 aromatic rings. The van der Waals surface area contributed by atoms with E-state index >= 15 is 0 Å². The molecular weight excluding hydrogens is 260 g/mol. The summed E-state index contributed by atoms with van der Waals surface area (Å²) in [6, 6.07) is 3.34. The zero-order valence-electron chi connectivity index (χ0n) is 11.8. The minimum absolute atomic E-state index is 0.172. The molecule has 2 rings (SSSR count). The first-order valence-corrected chi connectivity index (χ1v) is 6.06. The van der Waals surface area contributed by atoms with E-state index in [-0.39, 0.29) is 17.5 Å². The third-order valence-corrected chi connectivity index (χ3v) is 3.03. The Labute approximate surface area is 115 Å². The molecule has 0 aliphatic heterocycles. The Hall–Kier alpha value is -2.57. The molecule has 0 atom stereocenters. The van der Waals surface area contributed by atoms with Crippen LogP contribution in [0.4, 0.5) is 11.4 Å². The van der Waals surface area contributed by atoms with E-state index in [0.29, 0.717) is 22.4 Å². The Morgan fingerprint density at radius 1 is 0.900 bits per heavy atom. The maximum Gasteiger partial charge on any atom is 0.328 e. The summed E-state index contributed by atoms with van der Waals surface area (Å²) < 4.78 is 2.97. The molecular formula is C13H16N4O3. The fourth-order valence-electron chi connectivity index (χ4n) is 2.13.